The Morgan fingerprint density at radius 2 is 1.94 bits per heavy atom. The van der Waals surface area contributed by atoms with Crippen LogP contribution in [0.4, 0.5) is 19.3 Å². The smallest absolute Gasteiger partial charge is 0.325 e. The fourth-order valence-electron chi connectivity index (χ4n) is 3.66. The molecule has 0 aliphatic carbocycles. The predicted molar refractivity (Wildman–Crippen MR) is 111 cm³/mol. The minimum Gasteiger partial charge on any atom is -0.458 e. The first-order chi connectivity index (χ1) is 14.9. The molecule has 0 bridgehead atoms. The Morgan fingerprint density at radius 1 is 1.16 bits per heavy atom. The predicted octanol–water partition coefficient (Wildman–Crippen LogP) is 2.83. The van der Waals surface area contributed by atoms with Crippen molar-refractivity contribution in [2.24, 2.45) is 0 Å². The summed E-state index contributed by atoms with van der Waals surface area (Å²) in [5.41, 5.74) is 0.264. The molecular weight excluding hydrogens is 476 g/mol. The summed E-state index contributed by atoms with van der Waals surface area (Å²) in [6.45, 7) is 1.50. The fraction of sp³-hybridized carbons (Fsp3) is 0.400. The van der Waals surface area contributed by atoms with Gasteiger partial charge in [0.1, 0.15) is 12.6 Å². The Labute approximate surface area is 185 Å². The molecule has 1 atom stereocenters. The van der Waals surface area contributed by atoms with E-state index < -0.39 is 17.7 Å². The highest BCUT2D eigenvalue weighted by Crippen LogP contribution is 2.23. The normalized spacial score (nSPS) is 19.1. The number of carbonyl (C=O) groups excluding carboxylic acids is 2. The van der Waals surface area contributed by atoms with Gasteiger partial charge in [0.15, 0.2) is 11.6 Å². The molecule has 3 heterocycles. The lowest BCUT2D eigenvalue weighted by atomic mass is 10.1. The highest BCUT2D eigenvalue weighted by Gasteiger charge is 2.33. The van der Waals surface area contributed by atoms with E-state index in [9.17, 15) is 18.4 Å². The average molecular weight is 496 g/mol. The number of benzene rings is 1. The fourth-order valence-corrected chi connectivity index (χ4v) is 3.86. The van der Waals surface area contributed by atoms with Gasteiger partial charge in [0, 0.05) is 43.8 Å². The molecule has 1 aromatic heterocycles. The quantitative estimate of drug-likeness (QED) is 0.637. The van der Waals surface area contributed by atoms with Crippen molar-refractivity contribution >= 4 is 33.6 Å². The Kier molecular flexibility index (Phi) is 6.30. The Morgan fingerprint density at radius 3 is 2.68 bits per heavy atom. The van der Waals surface area contributed by atoms with Crippen molar-refractivity contribution in [3.8, 4) is 6.01 Å². The van der Waals surface area contributed by atoms with Gasteiger partial charge in [-0.3, -0.25) is 9.69 Å². The summed E-state index contributed by atoms with van der Waals surface area (Å²) in [5.74, 6) is -2.18. The molecule has 164 valence electrons. The second kappa shape index (κ2) is 9.13. The van der Waals surface area contributed by atoms with Gasteiger partial charge >= 0.3 is 12.0 Å². The number of urea groups is 1. The minimum absolute atomic E-state index is 0.0828. The van der Waals surface area contributed by atoms with Crippen LogP contribution in [0.25, 0.3) is 0 Å². The summed E-state index contributed by atoms with van der Waals surface area (Å²) in [4.78, 5) is 38.1. The van der Waals surface area contributed by atoms with Crippen LogP contribution >= 0.6 is 15.9 Å². The number of amides is 3. The molecule has 1 unspecified atom stereocenters. The van der Waals surface area contributed by atoms with Gasteiger partial charge in [-0.1, -0.05) is 0 Å². The molecule has 8 nitrogen and oxygen atoms in total. The van der Waals surface area contributed by atoms with E-state index in [0.29, 0.717) is 26.2 Å². The van der Waals surface area contributed by atoms with Gasteiger partial charge in [-0.2, -0.15) is 0 Å². The maximum absolute atomic E-state index is 13.5. The summed E-state index contributed by atoms with van der Waals surface area (Å²) in [6.07, 6.45) is 4.49. The van der Waals surface area contributed by atoms with E-state index in [4.69, 9.17) is 4.74 Å². The third-order valence-electron chi connectivity index (χ3n) is 5.24. The molecule has 2 aromatic rings. The molecule has 4 rings (SSSR count). The molecule has 0 spiro atoms. The topological polar surface area (TPSA) is 78.9 Å². The molecule has 2 aliphatic rings. The Bertz CT molecular complexity index is 978. The molecule has 2 saturated heterocycles. The van der Waals surface area contributed by atoms with Crippen molar-refractivity contribution in [2.75, 3.05) is 37.6 Å². The van der Waals surface area contributed by atoms with Crippen LogP contribution in [0.5, 0.6) is 6.01 Å². The van der Waals surface area contributed by atoms with Gasteiger partial charge in [0.2, 0.25) is 5.91 Å². The molecule has 1 aromatic carbocycles. The van der Waals surface area contributed by atoms with Crippen LogP contribution in [0.1, 0.15) is 12.8 Å². The SMILES string of the molecule is O=C(CN1CCN(c2ccc(F)c(F)c2)C1=O)N1CCCC(Oc2ncc(Br)cn2)C1. The number of halogens is 3. The summed E-state index contributed by atoms with van der Waals surface area (Å²) >= 11 is 3.27. The first kappa shape index (κ1) is 21.4. The summed E-state index contributed by atoms with van der Waals surface area (Å²) in [5, 5.41) is 0. The number of aromatic nitrogens is 2. The van der Waals surface area contributed by atoms with E-state index in [-0.39, 0.29) is 30.3 Å². The standard InChI is InChI=1S/C20H20BrF2N5O3/c21-13-9-24-19(25-10-13)31-15-2-1-5-26(11-15)18(29)12-27-6-7-28(20(27)30)14-3-4-16(22)17(23)8-14/h3-4,8-10,15H,1-2,5-7,11-12H2. The highest BCUT2D eigenvalue weighted by atomic mass is 79.9. The average Bonchev–Trinajstić information content (AvgIpc) is 3.12. The third-order valence-corrected chi connectivity index (χ3v) is 5.65. The molecule has 11 heteroatoms. The molecular formula is C20H20BrF2N5O3. The Balaban J connectivity index is 1.33. The first-order valence-corrected chi connectivity index (χ1v) is 10.6. The van der Waals surface area contributed by atoms with Gasteiger partial charge in [0.05, 0.1) is 11.0 Å². The number of hydrogen-bond donors (Lipinski definition) is 0. The number of nitrogens with zero attached hydrogens (tertiary/aromatic N) is 5. The van der Waals surface area contributed by atoms with Crippen molar-refractivity contribution in [3.63, 3.8) is 0 Å². The number of ether oxygens (including phenoxy) is 1. The van der Waals surface area contributed by atoms with Crippen molar-refractivity contribution in [2.45, 2.75) is 18.9 Å². The van der Waals surface area contributed by atoms with Gasteiger partial charge in [-0.05, 0) is 40.9 Å². The summed E-state index contributed by atoms with van der Waals surface area (Å²) < 4.78 is 33.2. The van der Waals surface area contributed by atoms with E-state index in [1.54, 1.807) is 17.3 Å². The molecule has 31 heavy (non-hydrogen) atoms. The van der Waals surface area contributed by atoms with Crippen molar-refractivity contribution in [1.29, 1.82) is 0 Å². The second-order valence-corrected chi connectivity index (χ2v) is 8.28. The summed E-state index contributed by atoms with van der Waals surface area (Å²) in [7, 11) is 0. The lowest BCUT2D eigenvalue weighted by molar-refractivity contribution is -0.134. The summed E-state index contributed by atoms with van der Waals surface area (Å²) in [6, 6.07) is 3.15. The monoisotopic (exact) mass is 495 g/mol. The number of likely N-dealkylation sites (tertiary alicyclic amines) is 1. The number of rotatable bonds is 5. The van der Waals surface area contributed by atoms with Crippen LogP contribution in [-0.2, 0) is 4.79 Å². The van der Waals surface area contributed by atoms with Crippen LogP contribution in [0.2, 0.25) is 0 Å². The maximum Gasteiger partial charge on any atom is 0.325 e. The zero-order valence-electron chi connectivity index (χ0n) is 16.5. The van der Waals surface area contributed by atoms with Crippen LogP contribution in [0.15, 0.2) is 35.1 Å². The van der Waals surface area contributed by atoms with Gasteiger partial charge in [-0.15, -0.1) is 0 Å². The van der Waals surface area contributed by atoms with Crippen LogP contribution in [0, 0.1) is 11.6 Å². The third kappa shape index (κ3) is 4.92. The molecule has 3 amide bonds. The number of carbonyl (C=O) groups is 2. The number of hydrogen-bond acceptors (Lipinski definition) is 5. The second-order valence-electron chi connectivity index (χ2n) is 7.36. The van der Waals surface area contributed by atoms with E-state index in [2.05, 4.69) is 25.9 Å². The van der Waals surface area contributed by atoms with Gasteiger partial charge in [-0.25, -0.2) is 23.5 Å². The minimum atomic E-state index is -1.02. The van der Waals surface area contributed by atoms with Crippen LogP contribution in [-0.4, -0.2) is 70.5 Å². The molecule has 0 saturated carbocycles. The Hall–Kier alpha value is -2.82. The van der Waals surface area contributed by atoms with E-state index in [1.165, 1.54) is 15.9 Å². The van der Waals surface area contributed by atoms with Crippen molar-refractivity contribution in [3.05, 3.63) is 46.7 Å². The molecule has 2 aliphatic heterocycles. The van der Waals surface area contributed by atoms with Gasteiger partial charge in [0.25, 0.3) is 0 Å². The molecule has 0 N–H and O–H groups in total. The van der Waals surface area contributed by atoms with Crippen LogP contribution < -0.4 is 9.64 Å². The molecule has 0 radical (unpaired) electrons. The highest BCUT2D eigenvalue weighted by molar-refractivity contribution is 9.10. The van der Waals surface area contributed by atoms with E-state index in [1.807, 2.05) is 0 Å². The number of piperidine rings is 1. The van der Waals surface area contributed by atoms with E-state index >= 15 is 0 Å². The maximum atomic E-state index is 13.5. The zero-order chi connectivity index (χ0) is 22.0. The van der Waals surface area contributed by atoms with Crippen molar-refractivity contribution < 1.29 is 23.1 Å². The van der Waals surface area contributed by atoms with Gasteiger partial charge < -0.3 is 14.5 Å². The first-order valence-electron chi connectivity index (χ1n) is 9.84. The lowest BCUT2D eigenvalue weighted by Gasteiger charge is -2.33. The lowest BCUT2D eigenvalue weighted by Crippen LogP contribution is -2.48. The number of anilines is 1. The largest absolute Gasteiger partial charge is 0.458 e. The van der Waals surface area contributed by atoms with E-state index in [0.717, 1.165) is 29.4 Å². The van der Waals surface area contributed by atoms with Crippen LogP contribution in [0.3, 0.4) is 0 Å². The zero-order valence-corrected chi connectivity index (χ0v) is 18.1. The van der Waals surface area contributed by atoms with Crippen molar-refractivity contribution in [1.82, 2.24) is 19.8 Å². The molecule has 2 fully saturated rings.